The van der Waals surface area contributed by atoms with Crippen molar-refractivity contribution in [1.29, 1.82) is 0 Å². The SMILES string of the molecule is CCCOC(=O)C(O)c1ccc(Cl)cc1. The van der Waals surface area contributed by atoms with Gasteiger partial charge in [-0.15, -0.1) is 0 Å². The fraction of sp³-hybridized carbons (Fsp3) is 0.364. The van der Waals surface area contributed by atoms with E-state index in [1.807, 2.05) is 6.92 Å². The molecule has 1 rings (SSSR count). The second-order valence-corrected chi connectivity index (χ2v) is 3.56. The smallest absolute Gasteiger partial charge is 0.339 e. The minimum Gasteiger partial charge on any atom is -0.464 e. The third-order valence-corrected chi connectivity index (χ3v) is 2.11. The van der Waals surface area contributed by atoms with Crippen molar-refractivity contribution in [1.82, 2.24) is 0 Å². The average Bonchev–Trinajstić information content (AvgIpc) is 2.26. The molecule has 0 spiro atoms. The molecule has 1 aromatic rings. The molecular formula is C11H13ClO3. The number of rotatable bonds is 4. The monoisotopic (exact) mass is 228 g/mol. The first-order valence-electron chi connectivity index (χ1n) is 4.75. The molecular weight excluding hydrogens is 216 g/mol. The van der Waals surface area contributed by atoms with Gasteiger partial charge in [0, 0.05) is 5.02 Å². The number of hydrogen-bond acceptors (Lipinski definition) is 3. The highest BCUT2D eigenvalue weighted by molar-refractivity contribution is 6.30. The van der Waals surface area contributed by atoms with Gasteiger partial charge in [-0.3, -0.25) is 0 Å². The maximum Gasteiger partial charge on any atom is 0.339 e. The van der Waals surface area contributed by atoms with E-state index in [4.69, 9.17) is 16.3 Å². The Hall–Kier alpha value is -1.06. The Balaban J connectivity index is 2.63. The van der Waals surface area contributed by atoms with E-state index < -0.39 is 12.1 Å². The third-order valence-electron chi connectivity index (χ3n) is 1.86. The van der Waals surface area contributed by atoms with E-state index in [1.165, 1.54) is 0 Å². The zero-order valence-electron chi connectivity index (χ0n) is 8.44. The van der Waals surface area contributed by atoms with E-state index in [1.54, 1.807) is 24.3 Å². The van der Waals surface area contributed by atoms with Gasteiger partial charge in [0.05, 0.1) is 6.61 Å². The lowest BCUT2D eigenvalue weighted by Crippen LogP contribution is -2.15. The molecule has 1 atom stereocenters. The first kappa shape index (κ1) is 12.0. The summed E-state index contributed by atoms with van der Waals surface area (Å²) in [7, 11) is 0. The van der Waals surface area contributed by atoms with Crippen molar-refractivity contribution in [2.45, 2.75) is 19.4 Å². The normalized spacial score (nSPS) is 12.2. The van der Waals surface area contributed by atoms with Crippen LogP contribution in [0.5, 0.6) is 0 Å². The largest absolute Gasteiger partial charge is 0.464 e. The van der Waals surface area contributed by atoms with Crippen LogP contribution in [0, 0.1) is 0 Å². The molecule has 1 N–H and O–H groups in total. The molecule has 0 bridgehead atoms. The van der Waals surface area contributed by atoms with Crippen LogP contribution in [0.4, 0.5) is 0 Å². The summed E-state index contributed by atoms with van der Waals surface area (Å²) in [4.78, 5) is 11.3. The van der Waals surface area contributed by atoms with Crippen molar-refractivity contribution in [3.63, 3.8) is 0 Å². The lowest BCUT2D eigenvalue weighted by atomic mass is 10.1. The number of esters is 1. The molecule has 0 saturated heterocycles. The summed E-state index contributed by atoms with van der Waals surface area (Å²) in [6.07, 6.45) is -0.493. The summed E-state index contributed by atoms with van der Waals surface area (Å²) in [5.74, 6) is -0.626. The zero-order valence-corrected chi connectivity index (χ0v) is 9.20. The topological polar surface area (TPSA) is 46.5 Å². The maximum atomic E-state index is 11.3. The highest BCUT2D eigenvalue weighted by Crippen LogP contribution is 2.17. The van der Waals surface area contributed by atoms with Gasteiger partial charge in [0.1, 0.15) is 0 Å². The summed E-state index contributed by atoms with van der Waals surface area (Å²) in [6.45, 7) is 2.21. The summed E-state index contributed by atoms with van der Waals surface area (Å²) < 4.78 is 4.82. The number of hydrogen-bond donors (Lipinski definition) is 1. The quantitative estimate of drug-likeness (QED) is 0.805. The molecule has 0 aliphatic carbocycles. The molecule has 4 heteroatoms. The molecule has 0 aromatic heterocycles. The van der Waals surface area contributed by atoms with Crippen molar-refractivity contribution >= 4 is 17.6 Å². The Bertz CT molecular complexity index is 321. The second kappa shape index (κ2) is 5.73. The Morgan fingerprint density at radius 3 is 2.60 bits per heavy atom. The molecule has 0 fully saturated rings. The van der Waals surface area contributed by atoms with Crippen molar-refractivity contribution in [3.05, 3.63) is 34.9 Å². The third kappa shape index (κ3) is 3.53. The molecule has 0 saturated carbocycles. The van der Waals surface area contributed by atoms with Crippen LogP contribution in [-0.2, 0) is 9.53 Å². The Kier molecular flexibility index (Phi) is 4.59. The van der Waals surface area contributed by atoms with E-state index in [0.717, 1.165) is 6.42 Å². The highest BCUT2D eigenvalue weighted by atomic mass is 35.5. The van der Waals surface area contributed by atoms with Crippen LogP contribution < -0.4 is 0 Å². The van der Waals surface area contributed by atoms with Gasteiger partial charge < -0.3 is 9.84 Å². The number of carbonyl (C=O) groups is 1. The van der Waals surface area contributed by atoms with Gasteiger partial charge in [-0.2, -0.15) is 0 Å². The van der Waals surface area contributed by atoms with Crippen LogP contribution in [0.25, 0.3) is 0 Å². The molecule has 0 radical (unpaired) electrons. The van der Waals surface area contributed by atoms with Crippen LogP contribution in [0.2, 0.25) is 5.02 Å². The molecule has 82 valence electrons. The summed E-state index contributed by atoms with van der Waals surface area (Å²) in [5.41, 5.74) is 0.487. The van der Waals surface area contributed by atoms with Crippen molar-refractivity contribution < 1.29 is 14.6 Å². The number of benzene rings is 1. The van der Waals surface area contributed by atoms with Crippen molar-refractivity contribution in [2.75, 3.05) is 6.61 Å². The fourth-order valence-corrected chi connectivity index (χ4v) is 1.19. The first-order chi connectivity index (χ1) is 7.15. The predicted molar refractivity (Wildman–Crippen MR) is 57.7 cm³/mol. The molecule has 0 aliphatic heterocycles. The van der Waals surface area contributed by atoms with E-state index in [0.29, 0.717) is 17.2 Å². The number of aliphatic hydroxyl groups excluding tert-OH is 1. The van der Waals surface area contributed by atoms with Crippen LogP contribution >= 0.6 is 11.6 Å². The zero-order chi connectivity index (χ0) is 11.3. The average molecular weight is 229 g/mol. The van der Waals surface area contributed by atoms with Crippen LogP contribution in [-0.4, -0.2) is 17.7 Å². The van der Waals surface area contributed by atoms with Crippen LogP contribution in [0.3, 0.4) is 0 Å². The van der Waals surface area contributed by atoms with Gasteiger partial charge in [-0.25, -0.2) is 4.79 Å². The van der Waals surface area contributed by atoms with E-state index in [2.05, 4.69) is 0 Å². The molecule has 1 unspecified atom stereocenters. The molecule has 0 heterocycles. The number of aliphatic hydroxyl groups is 1. The maximum absolute atomic E-state index is 11.3. The van der Waals surface area contributed by atoms with Gasteiger partial charge in [-0.1, -0.05) is 30.7 Å². The summed E-state index contributed by atoms with van der Waals surface area (Å²) in [6, 6.07) is 6.43. The Labute approximate surface area is 93.6 Å². The first-order valence-corrected chi connectivity index (χ1v) is 5.13. The molecule has 1 aromatic carbocycles. The lowest BCUT2D eigenvalue weighted by Gasteiger charge is -2.10. The van der Waals surface area contributed by atoms with Gasteiger partial charge in [0.15, 0.2) is 6.10 Å². The lowest BCUT2D eigenvalue weighted by molar-refractivity contribution is -0.153. The van der Waals surface area contributed by atoms with E-state index in [-0.39, 0.29) is 0 Å². The predicted octanol–water partition coefficient (Wildman–Crippen LogP) is 2.33. The Morgan fingerprint density at radius 1 is 1.47 bits per heavy atom. The van der Waals surface area contributed by atoms with Gasteiger partial charge in [-0.05, 0) is 24.1 Å². The van der Waals surface area contributed by atoms with E-state index >= 15 is 0 Å². The van der Waals surface area contributed by atoms with Crippen LogP contribution in [0.15, 0.2) is 24.3 Å². The molecule has 0 amide bonds. The van der Waals surface area contributed by atoms with Gasteiger partial charge >= 0.3 is 5.97 Å². The summed E-state index contributed by atoms with van der Waals surface area (Å²) >= 11 is 5.68. The van der Waals surface area contributed by atoms with Crippen molar-refractivity contribution in [3.8, 4) is 0 Å². The second-order valence-electron chi connectivity index (χ2n) is 3.12. The van der Waals surface area contributed by atoms with Gasteiger partial charge in [0.25, 0.3) is 0 Å². The standard InChI is InChI=1S/C11H13ClO3/c1-2-7-15-11(14)10(13)8-3-5-9(12)6-4-8/h3-6,10,13H,2,7H2,1H3. The minimum absolute atomic E-state index is 0.323. The number of ether oxygens (including phenoxy) is 1. The molecule has 0 aliphatic rings. The number of halogens is 1. The van der Waals surface area contributed by atoms with E-state index in [9.17, 15) is 9.90 Å². The fourth-order valence-electron chi connectivity index (χ4n) is 1.06. The summed E-state index contributed by atoms with van der Waals surface area (Å²) in [5, 5.41) is 10.2. The van der Waals surface area contributed by atoms with Gasteiger partial charge in [0.2, 0.25) is 0 Å². The Morgan fingerprint density at radius 2 is 2.07 bits per heavy atom. The minimum atomic E-state index is -1.23. The highest BCUT2D eigenvalue weighted by Gasteiger charge is 2.18. The number of carbonyl (C=O) groups excluding carboxylic acids is 1. The molecule has 3 nitrogen and oxygen atoms in total. The van der Waals surface area contributed by atoms with Crippen LogP contribution in [0.1, 0.15) is 25.0 Å². The molecule has 15 heavy (non-hydrogen) atoms. The van der Waals surface area contributed by atoms with Crippen molar-refractivity contribution in [2.24, 2.45) is 0 Å².